The summed E-state index contributed by atoms with van der Waals surface area (Å²) in [7, 11) is 0. The molecule has 0 spiro atoms. The Kier molecular flexibility index (Phi) is 4.02. The van der Waals surface area contributed by atoms with Gasteiger partial charge in [-0.3, -0.25) is 0 Å². The zero-order valence-electron chi connectivity index (χ0n) is 11.8. The zero-order valence-corrected chi connectivity index (χ0v) is 11.8. The topological polar surface area (TPSA) is 71.9 Å². The van der Waals surface area contributed by atoms with E-state index in [9.17, 15) is 0 Å². The predicted octanol–water partition coefficient (Wildman–Crippen LogP) is 3.38. The van der Waals surface area contributed by atoms with Crippen LogP contribution in [0, 0.1) is 25.2 Å². The number of hydrogen-bond acceptors (Lipinski definition) is 4. The average Bonchev–Trinajstić information content (AvgIpc) is 2.43. The minimum Gasteiger partial charge on any atom is -0.438 e. The van der Waals surface area contributed by atoms with Gasteiger partial charge in [0.25, 0.3) is 0 Å². The van der Waals surface area contributed by atoms with Crippen LogP contribution in [-0.4, -0.2) is 4.98 Å². The van der Waals surface area contributed by atoms with Crippen molar-refractivity contribution in [2.45, 2.75) is 26.8 Å². The molecule has 0 aliphatic carbocycles. The second kappa shape index (κ2) is 5.72. The maximum Gasteiger partial charge on any atom is 0.219 e. The van der Waals surface area contributed by atoms with Crippen molar-refractivity contribution < 1.29 is 4.74 Å². The lowest BCUT2D eigenvalue weighted by Gasteiger charge is -2.12. The highest BCUT2D eigenvalue weighted by atomic mass is 16.5. The van der Waals surface area contributed by atoms with Gasteiger partial charge >= 0.3 is 0 Å². The van der Waals surface area contributed by atoms with E-state index < -0.39 is 0 Å². The molecule has 0 fully saturated rings. The van der Waals surface area contributed by atoms with Gasteiger partial charge in [-0.1, -0.05) is 6.07 Å². The number of ether oxygens (including phenoxy) is 1. The Bertz CT molecular complexity index is 631. The van der Waals surface area contributed by atoms with E-state index in [0.29, 0.717) is 11.4 Å². The second-order valence-corrected chi connectivity index (χ2v) is 4.87. The predicted molar refractivity (Wildman–Crippen MR) is 77.5 cm³/mol. The molecule has 0 amide bonds. The van der Waals surface area contributed by atoms with Gasteiger partial charge in [0.2, 0.25) is 5.88 Å². The number of pyridine rings is 1. The molecule has 2 N–H and O–H groups in total. The van der Waals surface area contributed by atoms with Crippen molar-refractivity contribution in [2.24, 2.45) is 5.73 Å². The van der Waals surface area contributed by atoms with Crippen LogP contribution in [0.15, 0.2) is 30.5 Å². The lowest BCUT2D eigenvalue weighted by Crippen LogP contribution is -2.05. The Hall–Kier alpha value is -2.38. The van der Waals surface area contributed by atoms with Crippen molar-refractivity contribution in [1.82, 2.24) is 4.98 Å². The summed E-state index contributed by atoms with van der Waals surface area (Å²) in [5.74, 6) is 1.26. The molecular weight excluding hydrogens is 250 g/mol. The Balaban J connectivity index is 2.28. The van der Waals surface area contributed by atoms with E-state index in [2.05, 4.69) is 11.1 Å². The van der Waals surface area contributed by atoms with E-state index in [-0.39, 0.29) is 6.04 Å². The summed E-state index contributed by atoms with van der Waals surface area (Å²) in [5, 5.41) is 8.93. The molecule has 2 aromatic rings. The van der Waals surface area contributed by atoms with Gasteiger partial charge in [0.05, 0.1) is 11.6 Å². The summed E-state index contributed by atoms with van der Waals surface area (Å²) in [5.41, 5.74) is 9.21. The highest BCUT2D eigenvalue weighted by Crippen LogP contribution is 2.29. The third-order valence-corrected chi connectivity index (χ3v) is 3.08. The minimum atomic E-state index is -0.0464. The maximum absolute atomic E-state index is 8.93. The molecule has 1 unspecified atom stereocenters. The van der Waals surface area contributed by atoms with Gasteiger partial charge in [0.1, 0.15) is 5.75 Å². The molecule has 0 aliphatic heterocycles. The number of nitrogens with two attached hydrogens (primary N) is 1. The first-order valence-corrected chi connectivity index (χ1v) is 6.42. The lowest BCUT2D eigenvalue weighted by atomic mass is 10.1. The van der Waals surface area contributed by atoms with Crippen molar-refractivity contribution >= 4 is 0 Å². The molecule has 1 aromatic heterocycles. The standard InChI is InChI=1S/C16H17N3O/c1-10-6-13(8-17)7-11(2)16(10)20-15-5-4-14(9-19-15)12(3)18/h4-7,9,12H,18H2,1-3H3. The van der Waals surface area contributed by atoms with Crippen molar-refractivity contribution in [2.75, 3.05) is 0 Å². The molecule has 2 rings (SSSR count). The van der Waals surface area contributed by atoms with E-state index in [4.69, 9.17) is 15.7 Å². The quantitative estimate of drug-likeness (QED) is 0.925. The lowest BCUT2D eigenvalue weighted by molar-refractivity contribution is 0.455. The Morgan fingerprint density at radius 2 is 1.90 bits per heavy atom. The molecule has 0 saturated carbocycles. The SMILES string of the molecule is Cc1cc(C#N)cc(C)c1Oc1ccc(C(C)N)cn1. The van der Waals surface area contributed by atoms with Gasteiger partial charge in [-0.15, -0.1) is 0 Å². The smallest absolute Gasteiger partial charge is 0.219 e. The van der Waals surface area contributed by atoms with Crippen LogP contribution in [0.4, 0.5) is 0 Å². The fourth-order valence-corrected chi connectivity index (χ4v) is 2.00. The molecular formula is C16H17N3O. The Morgan fingerprint density at radius 1 is 1.25 bits per heavy atom. The van der Waals surface area contributed by atoms with Crippen LogP contribution in [0.25, 0.3) is 0 Å². The molecule has 1 heterocycles. The average molecular weight is 267 g/mol. The van der Waals surface area contributed by atoms with E-state index in [1.807, 2.05) is 26.8 Å². The normalized spacial score (nSPS) is 11.8. The van der Waals surface area contributed by atoms with Crippen molar-refractivity contribution in [1.29, 1.82) is 5.26 Å². The van der Waals surface area contributed by atoms with Gasteiger partial charge in [0, 0.05) is 18.3 Å². The van der Waals surface area contributed by atoms with Crippen LogP contribution in [0.5, 0.6) is 11.6 Å². The van der Waals surface area contributed by atoms with Crippen molar-refractivity contribution in [3.05, 3.63) is 52.7 Å². The van der Waals surface area contributed by atoms with Gasteiger partial charge < -0.3 is 10.5 Å². The van der Waals surface area contributed by atoms with Crippen LogP contribution in [0.1, 0.15) is 35.2 Å². The number of aromatic nitrogens is 1. The second-order valence-electron chi connectivity index (χ2n) is 4.87. The van der Waals surface area contributed by atoms with Crippen LogP contribution in [0.3, 0.4) is 0 Å². The number of nitrogens with zero attached hydrogens (tertiary/aromatic N) is 2. The van der Waals surface area contributed by atoms with E-state index in [1.54, 1.807) is 24.4 Å². The molecule has 0 radical (unpaired) electrons. The van der Waals surface area contributed by atoms with Crippen LogP contribution >= 0.6 is 0 Å². The zero-order chi connectivity index (χ0) is 14.7. The molecule has 0 aliphatic rings. The molecule has 1 atom stereocenters. The van der Waals surface area contributed by atoms with Crippen LogP contribution < -0.4 is 10.5 Å². The first kappa shape index (κ1) is 14.0. The molecule has 0 bridgehead atoms. The third-order valence-electron chi connectivity index (χ3n) is 3.08. The van der Waals surface area contributed by atoms with Gasteiger partial charge in [-0.25, -0.2) is 4.98 Å². The molecule has 4 nitrogen and oxygen atoms in total. The molecule has 20 heavy (non-hydrogen) atoms. The van der Waals surface area contributed by atoms with Gasteiger partial charge in [0.15, 0.2) is 0 Å². The number of hydrogen-bond donors (Lipinski definition) is 1. The van der Waals surface area contributed by atoms with Gasteiger partial charge in [-0.2, -0.15) is 5.26 Å². The monoisotopic (exact) mass is 267 g/mol. The Morgan fingerprint density at radius 3 is 2.35 bits per heavy atom. The number of benzene rings is 1. The van der Waals surface area contributed by atoms with E-state index >= 15 is 0 Å². The fraction of sp³-hybridized carbons (Fsp3) is 0.250. The number of aryl methyl sites for hydroxylation is 2. The van der Waals surface area contributed by atoms with Crippen molar-refractivity contribution in [3.8, 4) is 17.7 Å². The Labute approximate surface area is 118 Å². The third kappa shape index (κ3) is 2.95. The van der Waals surface area contributed by atoms with Crippen LogP contribution in [-0.2, 0) is 0 Å². The summed E-state index contributed by atoms with van der Waals surface area (Å²) >= 11 is 0. The van der Waals surface area contributed by atoms with Crippen molar-refractivity contribution in [3.63, 3.8) is 0 Å². The molecule has 1 aromatic carbocycles. The number of rotatable bonds is 3. The summed E-state index contributed by atoms with van der Waals surface area (Å²) in [6.45, 7) is 5.74. The highest BCUT2D eigenvalue weighted by Gasteiger charge is 2.09. The first-order valence-electron chi connectivity index (χ1n) is 6.42. The summed E-state index contributed by atoms with van der Waals surface area (Å²) < 4.78 is 5.81. The summed E-state index contributed by atoms with van der Waals surface area (Å²) in [6, 6.07) is 9.40. The largest absolute Gasteiger partial charge is 0.438 e. The van der Waals surface area contributed by atoms with Crippen LogP contribution in [0.2, 0.25) is 0 Å². The minimum absolute atomic E-state index is 0.0464. The molecule has 4 heteroatoms. The fourth-order valence-electron chi connectivity index (χ4n) is 2.00. The van der Waals surface area contributed by atoms with E-state index in [1.165, 1.54) is 0 Å². The maximum atomic E-state index is 8.93. The summed E-state index contributed by atoms with van der Waals surface area (Å²) in [4.78, 5) is 4.25. The summed E-state index contributed by atoms with van der Waals surface area (Å²) in [6.07, 6.45) is 1.72. The van der Waals surface area contributed by atoms with Gasteiger partial charge in [-0.05, 0) is 49.6 Å². The van der Waals surface area contributed by atoms with E-state index in [0.717, 1.165) is 22.4 Å². The molecule has 102 valence electrons. The number of nitriles is 1. The highest BCUT2D eigenvalue weighted by molar-refractivity contribution is 5.48. The molecule has 0 saturated heterocycles. The first-order chi connectivity index (χ1) is 9.51.